The van der Waals surface area contributed by atoms with Crippen LogP contribution in [0.5, 0.6) is 0 Å². The summed E-state index contributed by atoms with van der Waals surface area (Å²) in [6.45, 7) is 3.27. The van der Waals surface area contributed by atoms with Crippen LogP contribution in [0.25, 0.3) is 10.1 Å². The summed E-state index contributed by atoms with van der Waals surface area (Å²) in [5.74, 6) is 0.603. The quantitative estimate of drug-likeness (QED) is 0.751. The Morgan fingerprint density at radius 2 is 2.05 bits per heavy atom. The fourth-order valence-electron chi connectivity index (χ4n) is 3.45. The summed E-state index contributed by atoms with van der Waals surface area (Å²) in [4.78, 5) is 1.39. The van der Waals surface area contributed by atoms with Gasteiger partial charge in [0.2, 0.25) is 0 Å². The number of fused-ring (bicyclic) bond motifs is 1. The van der Waals surface area contributed by atoms with Crippen LogP contribution in [0.4, 0.5) is 4.39 Å². The molecule has 114 valence electrons. The minimum atomic E-state index is -0.136. The zero-order chi connectivity index (χ0) is 14.7. The average Bonchev–Trinajstić information content (AvgIpc) is 2.91. The lowest BCUT2D eigenvalue weighted by molar-refractivity contribution is 0.275. The number of hydrogen-bond acceptors (Lipinski definition) is 2. The van der Waals surface area contributed by atoms with Crippen molar-refractivity contribution in [3.8, 4) is 0 Å². The molecule has 0 amide bonds. The van der Waals surface area contributed by atoms with Gasteiger partial charge in [-0.15, -0.1) is 11.3 Å². The normalized spacial score (nSPS) is 18.2. The van der Waals surface area contributed by atoms with Crippen molar-refractivity contribution in [1.82, 2.24) is 5.32 Å². The van der Waals surface area contributed by atoms with Gasteiger partial charge in [-0.25, -0.2) is 4.39 Å². The standard InChI is InChI=1S/C18H24FNS/c1-2-10-20-18(13-6-4-3-5-7-13)17-12-14-11-15(19)8-9-16(14)21-17/h8-9,11-13,18,20H,2-7,10H2,1H3. The van der Waals surface area contributed by atoms with E-state index in [1.165, 1.54) is 41.7 Å². The molecule has 1 heterocycles. The van der Waals surface area contributed by atoms with E-state index in [-0.39, 0.29) is 5.82 Å². The van der Waals surface area contributed by atoms with Crippen LogP contribution in [0.2, 0.25) is 0 Å². The maximum absolute atomic E-state index is 13.4. The molecule has 1 atom stereocenters. The minimum Gasteiger partial charge on any atom is -0.309 e. The predicted octanol–water partition coefficient (Wildman–Crippen LogP) is 5.66. The lowest BCUT2D eigenvalue weighted by Crippen LogP contribution is -2.29. The zero-order valence-corrected chi connectivity index (χ0v) is 13.5. The molecule has 0 radical (unpaired) electrons. The molecule has 21 heavy (non-hydrogen) atoms. The molecule has 0 aliphatic heterocycles. The molecular formula is C18H24FNS. The molecule has 0 spiro atoms. The minimum absolute atomic E-state index is 0.136. The van der Waals surface area contributed by atoms with Crippen molar-refractivity contribution in [3.05, 3.63) is 35.0 Å². The Morgan fingerprint density at radius 3 is 2.81 bits per heavy atom. The maximum atomic E-state index is 13.4. The van der Waals surface area contributed by atoms with Crippen LogP contribution in [0.1, 0.15) is 56.4 Å². The van der Waals surface area contributed by atoms with Gasteiger partial charge in [-0.3, -0.25) is 0 Å². The number of hydrogen-bond donors (Lipinski definition) is 1. The molecule has 1 aromatic carbocycles. The number of halogens is 1. The summed E-state index contributed by atoms with van der Waals surface area (Å²) in [5.41, 5.74) is 0. The molecule has 1 aliphatic carbocycles. The second kappa shape index (κ2) is 6.89. The lowest BCUT2D eigenvalue weighted by atomic mass is 9.83. The summed E-state index contributed by atoms with van der Waals surface area (Å²) in [6.07, 6.45) is 7.90. The highest BCUT2D eigenvalue weighted by molar-refractivity contribution is 7.19. The number of thiophene rings is 1. The van der Waals surface area contributed by atoms with Gasteiger partial charge in [0.05, 0.1) is 0 Å². The molecule has 1 unspecified atom stereocenters. The van der Waals surface area contributed by atoms with Crippen LogP contribution in [-0.2, 0) is 0 Å². The van der Waals surface area contributed by atoms with E-state index in [1.807, 2.05) is 17.4 Å². The molecule has 2 aromatic rings. The molecule has 1 N–H and O–H groups in total. The van der Waals surface area contributed by atoms with Crippen molar-refractivity contribution in [2.45, 2.75) is 51.5 Å². The van der Waals surface area contributed by atoms with Crippen LogP contribution in [0.3, 0.4) is 0 Å². The first-order chi connectivity index (χ1) is 10.3. The van der Waals surface area contributed by atoms with Gasteiger partial charge in [-0.05, 0) is 61.4 Å². The SMILES string of the molecule is CCCNC(c1cc2cc(F)ccc2s1)C1CCCCC1. The molecule has 3 rings (SSSR count). The van der Waals surface area contributed by atoms with E-state index in [0.29, 0.717) is 6.04 Å². The van der Waals surface area contributed by atoms with E-state index >= 15 is 0 Å². The van der Waals surface area contributed by atoms with Gasteiger partial charge < -0.3 is 5.32 Å². The van der Waals surface area contributed by atoms with Crippen molar-refractivity contribution in [1.29, 1.82) is 0 Å². The molecule has 1 aliphatic rings. The van der Waals surface area contributed by atoms with Gasteiger partial charge in [0.15, 0.2) is 0 Å². The fourth-order valence-corrected chi connectivity index (χ4v) is 4.67. The summed E-state index contributed by atoms with van der Waals surface area (Å²) in [6, 6.07) is 7.79. The molecule has 1 aromatic heterocycles. The smallest absolute Gasteiger partial charge is 0.123 e. The molecule has 1 saturated carbocycles. The van der Waals surface area contributed by atoms with Crippen molar-refractivity contribution >= 4 is 21.4 Å². The lowest BCUT2D eigenvalue weighted by Gasteiger charge is -2.30. The Labute approximate surface area is 130 Å². The van der Waals surface area contributed by atoms with Crippen molar-refractivity contribution in [2.24, 2.45) is 5.92 Å². The third-order valence-corrected chi connectivity index (χ3v) is 5.74. The first-order valence-corrected chi connectivity index (χ1v) is 9.02. The van der Waals surface area contributed by atoms with Gasteiger partial charge >= 0.3 is 0 Å². The molecule has 0 saturated heterocycles. The van der Waals surface area contributed by atoms with Gasteiger partial charge in [0.25, 0.3) is 0 Å². The van der Waals surface area contributed by atoms with E-state index in [2.05, 4.69) is 18.3 Å². The maximum Gasteiger partial charge on any atom is 0.123 e. The van der Waals surface area contributed by atoms with E-state index in [1.54, 1.807) is 12.1 Å². The fraction of sp³-hybridized carbons (Fsp3) is 0.556. The van der Waals surface area contributed by atoms with Crippen LogP contribution in [0.15, 0.2) is 24.3 Å². The Balaban J connectivity index is 1.88. The Kier molecular flexibility index (Phi) is 4.91. The number of rotatable bonds is 5. The van der Waals surface area contributed by atoms with Crippen LogP contribution < -0.4 is 5.32 Å². The zero-order valence-electron chi connectivity index (χ0n) is 12.7. The summed E-state index contributed by atoms with van der Waals surface area (Å²) in [7, 11) is 0. The summed E-state index contributed by atoms with van der Waals surface area (Å²) < 4.78 is 14.6. The van der Waals surface area contributed by atoms with Crippen LogP contribution in [0, 0.1) is 11.7 Å². The van der Waals surface area contributed by atoms with Gasteiger partial charge in [0.1, 0.15) is 5.82 Å². The molecule has 0 bridgehead atoms. The second-order valence-electron chi connectivity index (χ2n) is 6.16. The second-order valence-corrected chi connectivity index (χ2v) is 7.28. The Bertz CT molecular complexity index is 586. The summed E-state index contributed by atoms with van der Waals surface area (Å²) >= 11 is 1.83. The highest BCUT2D eigenvalue weighted by atomic mass is 32.1. The third-order valence-electron chi connectivity index (χ3n) is 4.54. The van der Waals surface area contributed by atoms with Crippen molar-refractivity contribution in [2.75, 3.05) is 6.54 Å². The molecule has 1 nitrogen and oxygen atoms in total. The molecular weight excluding hydrogens is 281 g/mol. The first-order valence-electron chi connectivity index (χ1n) is 8.20. The Morgan fingerprint density at radius 1 is 1.24 bits per heavy atom. The van der Waals surface area contributed by atoms with Gasteiger partial charge in [0, 0.05) is 15.6 Å². The van der Waals surface area contributed by atoms with E-state index in [9.17, 15) is 4.39 Å². The van der Waals surface area contributed by atoms with Crippen LogP contribution >= 0.6 is 11.3 Å². The van der Waals surface area contributed by atoms with Gasteiger partial charge in [-0.2, -0.15) is 0 Å². The van der Waals surface area contributed by atoms with Crippen molar-refractivity contribution in [3.63, 3.8) is 0 Å². The average molecular weight is 305 g/mol. The first kappa shape index (κ1) is 15.0. The monoisotopic (exact) mass is 305 g/mol. The molecule has 3 heteroatoms. The Hall–Kier alpha value is -0.930. The highest BCUT2D eigenvalue weighted by Gasteiger charge is 2.25. The summed E-state index contributed by atoms with van der Waals surface area (Å²) in [5, 5.41) is 4.80. The molecule has 1 fully saturated rings. The van der Waals surface area contributed by atoms with Gasteiger partial charge in [-0.1, -0.05) is 26.2 Å². The largest absolute Gasteiger partial charge is 0.309 e. The van der Waals surface area contributed by atoms with E-state index in [0.717, 1.165) is 24.3 Å². The predicted molar refractivity (Wildman–Crippen MR) is 89.4 cm³/mol. The highest BCUT2D eigenvalue weighted by Crippen LogP contribution is 2.39. The van der Waals surface area contributed by atoms with E-state index in [4.69, 9.17) is 0 Å². The topological polar surface area (TPSA) is 12.0 Å². The van der Waals surface area contributed by atoms with E-state index < -0.39 is 0 Å². The number of benzene rings is 1. The number of nitrogens with one attached hydrogen (secondary N) is 1. The van der Waals surface area contributed by atoms with Crippen molar-refractivity contribution < 1.29 is 4.39 Å². The third kappa shape index (κ3) is 3.46. The van der Waals surface area contributed by atoms with Crippen LogP contribution in [-0.4, -0.2) is 6.54 Å².